The van der Waals surface area contributed by atoms with Crippen molar-refractivity contribution in [2.24, 2.45) is 0 Å². The Morgan fingerprint density at radius 3 is 2.30 bits per heavy atom. The number of methoxy groups -OCH3 is 1. The molecule has 0 saturated heterocycles. The molecule has 0 N–H and O–H groups in total. The first kappa shape index (κ1) is 19.6. The first-order chi connectivity index (χ1) is 14.5. The van der Waals surface area contributed by atoms with Gasteiger partial charge in [0, 0.05) is 17.1 Å². The molecule has 0 amide bonds. The van der Waals surface area contributed by atoms with Gasteiger partial charge in [-0.2, -0.15) is 0 Å². The molecule has 1 aliphatic heterocycles. The van der Waals surface area contributed by atoms with E-state index >= 15 is 0 Å². The van der Waals surface area contributed by atoms with Crippen LogP contribution in [0.2, 0.25) is 0 Å². The van der Waals surface area contributed by atoms with E-state index in [-0.39, 0.29) is 5.57 Å². The fraction of sp³-hybridized carbons (Fsp3) is 0.120. The van der Waals surface area contributed by atoms with Gasteiger partial charge < -0.3 is 9.47 Å². The molecule has 0 spiro atoms. The van der Waals surface area contributed by atoms with Crippen LogP contribution < -0.4 is 4.74 Å². The van der Waals surface area contributed by atoms with Crippen molar-refractivity contribution < 1.29 is 23.5 Å². The van der Waals surface area contributed by atoms with Gasteiger partial charge in [-0.1, -0.05) is 67.2 Å². The third kappa shape index (κ3) is 2.90. The summed E-state index contributed by atoms with van der Waals surface area (Å²) in [5.74, 6) is -2.07. The molecule has 4 nitrogen and oxygen atoms in total. The number of fused-ring (bicyclic) bond motifs is 1. The molecule has 0 saturated carbocycles. The van der Waals surface area contributed by atoms with E-state index in [4.69, 9.17) is 9.47 Å². The molecule has 1 aliphatic rings. The van der Waals surface area contributed by atoms with Gasteiger partial charge >= 0.3 is 11.9 Å². The van der Waals surface area contributed by atoms with Gasteiger partial charge in [0.2, 0.25) is 0 Å². The Labute approximate surface area is 173 Å². The minimum absolute atomic E-state index is 0.0709. The standard InChI is InChI=1S/C25H19FO4/c1-16(23(27)29-2)22(17-12-14-19(26)15-13-17)25(18-8-4-3-5-9-18)20-10-6-7-11-21(20)30-24(25)28/h3-15,22H,1H2,2H3. The normalized spacial score (nSPS) is 18.3. The van der Waals surface area contributed by atoms with Crippen LogP contribution in [0.3, 0.4) is 0 Å². The highest BCUT2D eigenvalue weighted by molar-refractivity contribution is 6.00. The number of carbonyl (C=O) groups excluding carboxylic acids is 2. The number of hydrogen-bond donors (Lipinski definition) is 0. The Balaban J connectivity index is 2.08. The lowest BCUT2D eigenvalue weighted by Gasteiger charge is -2.36. The number of esters is 2. The third-order valence-corrected chi connectivity index (χ3v) is 5.50. The van der Waals surface area contributed by atoms with Crippen molar-refractivity contribution >= 4 is 11.9 Å². The largest absolute Gasteiger partial charge is 0.466 e. The van der Waals surface area contributed by atoms with Gasteiger partial charge in [0.1, 0.15) is 17.0 Å². The second kappa shape index (κ2) is 7.59. The Bertz CT molecular complexity index is 1120. The van der Waals surface area contributed by atoms with Crippen molar-refractivity contribution in [3.8, 4) is 5.75 Å². The molecule has 3 aromatic carbocycles. The van der Waals surface area contributed by atoms with Gasteiger partial charge in [-0.25, -0.2) is 9.18 Å². The molecule has 4 rings (SSSR count). The molecule has 0 aliphatic carbocycles. The van der Waals surface area contributed by atoms with Crippen LogP contribution in [0.15, 0.2) is 91.0 Å². The summed E-state index contributed by atoms with van der Waals surface area (Å²) in [7, 11) is 1.26. The smallest absolute Gasteiger partial charge is 0.333 e. The fourth-order valence-electron chi connectivity index (χ4n) is 4.20. The summed E-state index contributed by atoms with van der Waals surface area (Å²) in [6.07, 6.45) is 0. The number of para-hydroxylation sites is 1. The maximum atomic E-state index is 13.7. The van der Waals surface area contributed by atoms with Gasteiger partial charge in [0.05, 0.1) is 7.11 Å². The SMILES string of the molecule is C=C(C(=O)OC)C(c1ccc(F)cc1)C1(c2ccccc2)C(=O)Oc2ccccc21. The van der Waals surface area contributed by atoms with Gasteiger partial charge in [0.15, 0.2) is 0 Å². The molecular weight excluding hydrogens is 383 g/mol. The Hall–Kier alpha value is -3.73. The molecular formula is C25H19FO4. The van der Waals surface area contributed by atoms with E-state index in [0.29, 0.717) is 22.4 Å². The molecule has 2 unspecified atom stereocenters. The highest BCUT2D eigenvalue weighted by atomic mass is 19.1. The topological polar surface area (TPSA) is 52.6 Å². The van der Waals surface area contributed by atoms with Crippen LogP contribution in [0, 0.1) is 5.82 Å². The second-order valence-corrected chi connectivity index (χ2v) is 7.06. The maximum Gasteiger partial charge on any atom is 0.333 e. The van der Waals surface area contributed by atoms with Crippen LogP contribution in [0.5, 0.6) is 5.75 Å². The van der Waals surface area contributed by atoms with Crippen LogP contribution in [0.1, 0.15) is 22.6 Å². The predicted octanol–water partition coefficient (Wildman–Crippen LogP) is 4.54. The van der Waals surface area contributed by atoms with Crippen LogP contribution in [0.25, 0.3) is 0 Å². The summed E-state index contributed by atoms with van der Waals surface area (Å²) in [6.45, 7) is 3.97. The molecule has 0 aromatic heterocycles. The summed E-state index contributed by atoms with van der Waals surface area (Å²) < 4.78 is 24.3. The molecule has 30 heavy (non-hydrogen) atoms. The van der Waals surface area contributed by atoms with Crippen LogP contribution >= 0.6 is 0 Å². The van der Waals surface area contributed by atoms with Gasteiger partial charge in [-0.15, -0.1) is 0 Å². The molecule has 5 heteroatoms. The van der Waals surface area contributed by atoms with Gasteiger partial charge in [-0.3, -0.25) is 4.79 Å². The number of carbonyl (C=O) groups is 2. The predicted molar refractivity (Wildman–Crippen MR) is 110 cm³/mol. The first-order valence-corrected chi connectivity index (χ1v) is 9.40. The van der Waals surface area contributed by atoms with E-state index in [9.17, 15) is 14.0 Å². The number of hydrogen-bond acceptors (Lipinski definition) is 4. The summed E-state index contributed by atoms with van der Waals surface area (Å²) in [6, 6.07) is 21.9. The lowest BCUT2D eigenvalue weighted by Crippen LogP contribution is -2.43. The van der Waals surface area contributed by atoms with Crippen molar-refractivity contribution in [1.82, 2.24) is 0 Å². The minimum Gasteiger partial charge on any atom is -0.466 e. The maximum absolute atomic E-state index is 13.7. The molecule has 1 heterocycles. The number of halogens is 1. The fourth-order valence-corrected chi connectivity index (χ4v) is 4.20. The molecule has 0 bridgehead atoms. The third-order valence-electron chi connectivity index (χ3n) is 5.50. The van der Waals surface area contributed by atoms with Crippen molar-refractivity contribution in [1.29, 1.82) is 0 Å². The number of ether oxygens (including phenoxy) is 2. The van der Waals surface area contributed by atoms with Crippen LogP contribution in [-0.4, -0.2) is 19.0 Å². The summed E-state index contributed by atoms with van der Waals surface area (Å²) >= 11 is 0. The Kier molecular flexibility index (Phi) is 4.96. The average molecular weight is 402 g/mol. The van der Waals surface area contributed by atoms with E-state index in [0.717, 1.165) is 0 Å². The molecule has 150 valence electrons. The molecule has 3 aromatic rings. The van der Waals surface area contributed by atoms with Crippen molar-refractivity contribution in [3.63, 3.8) is 0 Å². The van der Waals surface area contributed by atoms with Crippen molar-refractivity contribution in [3.05, 3.63) is 114 Å². The highest BCUT2D eigenvalue weighted by Crippen LogP contribution is 2.54. The molecule has 2 atom stereocenters. The van der Waals surface area contributed by atoms with Crippen molar-refractivity contribution in [2.45, 2.75) is 11.3 Å². The van der Waals surface area contributed by atoms with E-state index < -0.39 is 29.1 Å². The zero-order chi connectivity index (χ0) is 21.3. The Morgan fingerprint density at radius 2 is 1.63 bits per heavy atom. The lowest BCUT2D eigenvalue weighted by atomic mass is 9.62. The van der Waals surface area contributed by atoms with E-state index in [1.165, 1.54) is 19.2 Å². The van der Waals surface area contributed by atoms with E-state index in [1.54, 1.807) is 36.4 Å². The quantitative estimate of drug-likeness (QED) is 0.357. The van der Waals surface area contributed by atoms with E-state index in [1.807, 2.05) is 30.3 Å². The molecule has 0 radical (unpaired) electrons. The summed E-state index contributed by atoms with van der Waals surface area (Å²) in [4.78, 5) is 26.2. The van der Waals surface area contributed by atoms with Gasteiger partial charge in [0.25, 0.3) is 0 Å². The molecule has 0 fully saturated rings. The zero-order valence-electron chi connectivity index (χ0n) is 16.3. The Morgan fingerprint density at radius 1 is 1.00 bits per heavy atom. The van der Waals surface area contributed by atoms with Crippen LogP contribution in [0.4, 0.5) is 4.39 Å². The second-order valence-electron chi connectivity index (χ2n) is 7.06. The zero-order valence-corrected chi connectivity index (χ0v) is 16.3. The average Bonchev–Trinajstić information content (AvgIpc) is 3.07. The minimum atomic E-state index is -1.39. The monoisotopic (exact) mass is 402 g/mol. The lowest BCUT2D eigenvalue weighted by molar-refractivity contribution is -0.138. The number of benzene rings is 3. The van der Waals surface area contributed by atoms with Crippen LogP contribution in [-0.2, 0) is 19.7 Å². The highest BCUT2D eigenvalue weighted by Gasteiger charge is 2.57. The first-order valence-electron chi connectivity index (χ1n) is 9.40. The summed E-state index contributed by atoms with van der Waals surface area (Å²) in [5.41, 5.74) is 0.479. The summed E-state index contributed by atoms with van der Waals surface area (Å²) in [5, 5.41) is 0. The number of rotatable bonds is 5. The van der Waals surface area contributed by atoms with Gasteiger partial charge in [-0.05, 0) is 29.3 Å². The van der Waals surface area contributed by atoms with E-state index in [2.05, 4.69) is 6.58 Å². The van der Waals surface area contributed by atoms with Crippen molar-refractivity contribution in [2.75, 3.05) is 7.11 Å².